The third kappa shape index (κ3) is 10.7. The molecule has 36 heavy (non-hydrogen) atoms. The molecule has 6 nitrogen and oxygen atoms in total. The summed E-state index contributed by atoms with van der Waals surface area (Å²) < 4.78 is 17.6. The number of carbonyl (C=O) groups is 1. The fraction of sp³-hybridized carbons (Fsp3) is 0.828. The van der Waals surface area contributed by atoms with Gasteiger partial charge >= 0.3 is 5.97 Å². The van der Waals surface area contributed by atoms with Crippen LogP contribution in [0.4, 0.5) is 0 Å². The van der Waals surface area contributed by atoms with E-state index in [-0.39, 0.29) is 18.2 Å². The van der Waals surface area contributed by atoms with Crippen molar-refractivity contribution in [2.45, 2.75) is 122 Å². The highest BCUT2D eigenvalue weighted by Crippen LogP contribution is 2.31. The molecule has 7 heteroatoms. The summed E-state index contributed by atoms with van der Waals surface area (Å²) in [4.78, 5) is 13.2. The topological polar surface area (TPSA) is 68.8 Å². The van der Waals surface area contributed by atoms with Crippen molar-refractivity contribution < 1.29 is 19.0 Å². The molecule has 2 aliphatic rings. The highest BCUT2D eigenvalue weighted by Gasteiger charge is 2.32. The molecule has 0 radical (unpaired) electrons. The summed E-state index contributed by atoms with van der Waals surface area (Å²) in [6.07, 6.45) is 17.4. The van der Waals surface area contributed by atoms with Crippen LogP contribution in [0.15, 0.2) is 12.1 Å². The van der Waals surface area contributed by atoms with Gasteiger partial charge in [0.15, 0.2) is 5.06 Å². The van der Waals surface area contributed by atoms with Crippen LogP contribution in [-0.2, 0) is 9.47 Å². The van der Waals surface area contributed by atoms with Crippen LogP contribution in [0.5, 0.6) is 5.06 Å². The Bertz CT molecular complexity index is 712. The normalized spacial score (nSPS) is 24.5. The monoisotopic (exact) mass is 522 g/mol. The predicted octanol–water partition coefficient (Wildman–Crippen LogP) is 6.69. The Morgan fingerprint density at radius 3 is 2.19 bits per heavy atom. The first-order valence-corrected chi connectivity index (χ1v) is 15.5. The quantitative estimate of drug-likeness (QED) is 0.176. The molecule has 2 fully saturated rings. The van der Waals surface area contributed by atoms with Crippen molar-refractivity contribution in [1.29, 1.82) is 0 Å². The number of carbonyl (C=O) groups excluding carboxylic acids is 1. The van der Waals surface area contributed by atoms with E-state index in [1.165, 1.54) is 62.7 Å². The zero-order valence-corrected chi connectivity index (χ0v) is 23.5. The molecule has 1 aromatic heterocycles. The summed E-state index contributed by atoms with van der Waals surface area (Å²) in [5.41, 5.74) is 0. The van der Waals surface area contributed by atoms with Crippen molar-refractivity contribution in [2.75, 3.05) is 26.3 Å². The van der Waals surface area contributed by atoms with Crippen molar-refractivity contribution >= 4 is 17.3 Å². The fourth-order valence-electron chi connectivity index (χ4n) is 5.17. The Labute approximate surface area is 223 Å². The molecule has 1 aromatic rings. The van der Waals surface area contributed by atoms with Crippen molar-refractivity contribution in [2.24, 2.45) is 5.92 Å². The molecule has 1 saturated heterocycles. The summed E-state index contributed by atoms with van der Waals surface area (Å²) >= 11 is 1.39. The molecule has 3 rings (SSSR count). The number of rotatable bonds is 17. The fourth-order valence-corrected chi connectivity index (χ4v) is 5.93. The lowest BCUT2D eigenvalue weighted by molar-refractivity contribution is 0.00385. The molecule has 1 saturated carbocycles. The maximum Gasteiger partial charge on any atom is 0.348 e. The molecule has 0 amide bonds. The highest BCUT2D eigenvalue weighted by atomic mass is 32.1. The van der Waals surface area contributed by atoms with Crippen LogP contribution < -0.4 is 15.4 Å². The van der Waals surface area contributed by atoms with Gasteiger partial charge in [-0.15, -0.1) is 0 Å². The largest absolute Gasteiger partial charge is 0.484 e. The lowest BCUT2D eigenvalue weighted by Crippen LogP contribution is -2.59. The van der Waals surface area contributed by atoms with Gasteiger partial charge in [-0.05, 0) is 56.6 Å². The third-order valence-electron chi connectivity index (χ3n) is 7.47. The van der Waals surface area contributed by atoms with Crippen molar-refractivity contribution in [3.63, 3.8) is 0 Å². The second-order valence-electron chi connectivity index (χ2n) is 10.5. The number of esters is 1. The minimum Gasteiger partial charge on any atom is -0.484 e. The Morgan fingerprint density at radius 1 is 0.833 bits per heavy atom. The van der Waals surface area contributed by atoms with Crippen LogP contribution >= 0.6 is 11.3 Å². The average molecular weight is 523 g/mol. The van der Waals surface area contributed by atoms with E-state index in [9.17, 15) is 4.79 Å². The van der Waals surface area contributed by atoms with Crippen LogP contribution in [0.25, 0.3) is 0 Å². The molecule has 1 aliphatic carbocycles. The second kappa shape index (κ2) is 17.4. The van der Waals surface area contributed by atoms with Crippen LogP contribution in [0.1, 0.15) is 113 Å². The first-order chi connectivity index (χ1) is 17.7. The van der Waals surface area contributed by atoms with E-state index >= 15 is 0 Å². The molecule has 206 valence electrons. The van der Waals surface area contributed by atoms with Gasteiger partial charge in [-0.1, -0.05) is 76.6 Å². The SMILES string of the molecule is CCCCCCCCCCOC1CNC(C2CCC(OC(=O)c3ccc(OCCCC)s3)CC2)NC1. The summed E-state index contributed by atoms with van der Waals surface area (Å²) in [6.45, 7) is 7.83. The third-order valence-corrected chi connectivity index (χ3v) is 8.45. The zero-order chi connectivity index (χ0) is 25.4. The molecular formula is C29H50N2O4S. The first kappa shape index (κ1) is 29.4. The van der Waals surface area contributed by atoms with E-state index in [1.54, 1.807) is 0 Å². The summed E-state index contributed by atoms with van der Waals surface area (Å²) in [5, 5.41) is 8.14. The van der Waals surface area contributed by atoms with Crippen molar-refractivity contribution in [1.82, 2.24) is 10.6 Å². The van der Waals surface area contributed by atoms with Crippen molar-refractivity contribution in [3.05, 3.63) is 17.0 Å². The number of ether oxygens (including phenoxy) is 3. The number of nitrogens with one attached hydrogen (secondary N) is 2. The molecule has 0 bridgehead atoms. The summed E-state index contributed by atoms with van der Waals surface area (Å²) in [7, 11) is 0. The van der Waals surface area contributed by atoms with Gasteiger partial charge in [0.1, 0.15) is 11.0 Å². The molecule has 2 heterocycles. The van der Waals surface area contributed by atoms with Gasteiger partial charge in [0.05, 0.1) is 18.9 Å². The number of hydrogen-bond donors (Lipinski definition) is 2. The van der Waals surface area contributed by atoms with Gasteiger partial charge in [0.2, 0.25) is 0 Å². The van der Waals surface area contributed by atoms with Crippen LogP contribution in [0, 0.1) is 5.92 Å². The number of hydrogen-bond acceptors (Lipinski definition) is 7. The maximum absolute atomic E-state index is 12.6. The second-order valence-corrected chi connectivity index (χ2v) is 11.6. The molecule has 0 atom stereocenters. The smallest absolute Gasteiger partial charge is 0.348 e. The first-order valence-electron chi connectivity index (χ1n) is 14.7. The van der Waals surface area contributed by atoms with Crippen LogP contribution in [-0.4, -0.2) is 50.6 Å². The van der Waals surface area contributed by atoms with Gasteiger partial charge < -0.3 is 14.2 Å². The predicted molar refractivity (Wildman–Crippen MR) is 148 cm³/mol. The standard InChI is InChI=1S/C29H50N2O4S/c1-3-5-7-8-9-10-11-12-20-33-25-21-30-28(31-22-25)23-13-15-24(16-14-23)35-29(32)26-17-18-27(36-26)34-19-6-4-2/h17-18,23-25,28,30-31H,3-16,19-22H2,1-2H3. The Hall–Kier alpha value is -1.15. The molecule has 2 N–H and O–H groups in total. The van der Waals surface area contributed by atoms with Gasteiger partial charge in [-0.25, -0.2) is 4.79 Å². The number of thiophene rings is 1. The van der Waals surface area contributed by atoms with Gasteiger partial charge in [-0.2, -0.15) is 0 Å². The lowest BCUT2D eigenvalue weighted by atomic mass is 9.84. The van der Waals surface area contributed by atoms with Crippen LogP contribution in [0.2, 0.25) is 0 Å². The minimum atomic E-state index is -0.209. The molecular weight excluding hydrogens is 472 g/mol. The summed E-state index contributed by atoms with van der Waals surface area (Å²) in [5.74, 6) is 0.369. The number of unbranched alkanes of at least 4 members (excludes halogenated alkanes) is 8. The van der Waals surface area contributed by atoms with E-state index < -0.39 is 0 Å². The molecule has 1 aliphatic heterocycles. The van der Waals surface area contributed by atoms with Gasteiger partial charge in [0, 0.05) is 19.7 Å². The Morgan fingerprint density at radius 2 is 1.50 bits per heavy atom. The lowest BCUT2D eigenvalue weighted by Gasteiger charge is -2.39. The van der Waals surface area contributed by atoms with E-state index in [2.05, 4.69) is 24.5 Å². The Kier molecular flexibility index (Phi) is 14.2. The average Bonchev–Trinajstić information content (AvgIpc) is 3.38. The van der Waals surface area contributed by atoms with E-state index in [0.29, 0.717) is 23.6 Å². The van der Waals surface area contributed by atoms with E-state index in [4.69, 9.17) is 14.2 Å². The Balaban J connectivity index is 1.23. The highest BCUT2D eigenvalue weighted by molar-refractivity contribution is 7.15. The van der Waals surface area contributed by atoms with Crippen LogP contribution in [0.3, 0.4) is 0 Å². The van der Waals surface area contributed by atoms with Gasteiger partial charge in [0.25, 0.3) is 0 Å². The summed E-state index contributed by atoms with van der Waals surface area (Å²) in [6, 6.07) is 3.70. The molecule has 0 spiro atoms. The molecule has 0 aromatic carbocycles. The van der Waals surface area contributed by atoms with Crippen molar-refractivity contribution in [3.8, 4) is 5.06 Å². The molecule has 0 unspecified atom stereocenters. The van der Waals surface area contributed by atoms with E-state index in [1.807, 2.05) is 12.1 Å². The maximum atomic E-state index is 12.6. The zero-order valence-electron chi connectivity index (χ0n) is 22.7. The van der Waals surface area contributed by atoms with E-state index in [0.717, 1.165) is 63.3 Å². The minimum absolute atomic E-state index is 0.0200. The van der Waals surface area contributed by atoms with Gasteiger partial charge in [-0.3, -0.25) is 10.6 Å².